The van der Waals surface area contributed by atoms with E-state index >= 15 is 0 Å². The van der Waals surface area contributed by atoms with Crippen LogP contribution < -0.4 is 10.1 Å². The van der Waals surface area contributed by atoms with Crippen molar-refractivity contribution in [3.8, 4) is 17.1 Å². The van der Waals surface area contributed by atoms with Crippen molar-refractivity contribution >= 4 is 11.6 Å². The maximum Gasteiger partial charge on any atom is 0.322 e. The maximum atomic E-state index is 13.1. The number of rotatable bonds is 9. The van der Waals surface area contributed by atoms with Crippen LogP contribution in [0.2, 0.25) is 0 Å². The Kier molecular flexibility index (Phi) is 7.30. The second kappa shape index (κ2) is 10.5. The van der Waals surface area contributed by atoms with Gasteiger partial charge in [0.25, 0.3) is 5.89 Å². The summed E-state index contributed by atoms with van der Waals surface area (Å²) in [6, 6.07) is 15.3. The number of benzene rings is 2. The SMILES string of the molecule is CCCCCN1C(=O)NC(c2ccc(OC)cc2)C(c2nc(-c3ccc(CC)cc3)no2)=C1C. The predicted molar refractivity (Wildman–Crippen MR) is 132 cm³/mol. The van der Waals surface area contributed by atoms with Crippen molar-refractivity contribution in [2.75, 3.05) is 13.7 Å². The molecule has 3 aromatic rings. The van der Waals surface area contributed by atoms with Gasteiger partial charge in [-0.05, 0) is 43.0 Å². The first-order chi connectivity index (χ1) is 16.5. The lowest BCUT2D eigenvalue weighted by atomic mass is 9.94. The number of hydrogen-bond acceptors (Lipinski definition) is 5. The van der Waals surface area contributed by atoms with Crippen molar-refractivity contribution in [3.63, 3.8) is 0 Å². The zero-order valence-electron chi connectivity index (χ0n) is 20.3. The maximum absolute atomic E-state index is 13.1. The van der Waals surface area contributed by atoms with Gasteiger partial charge < -0.3 is 14.6 Å². The summed E-state index contributed by atoms with van der Waals surface area (Å²) in [6.45, 7) is 6.87. The van der Waals surface area contributed by atoms with Crippen LogP contribution in [-0.2, 0) is 6.42 Å². The van der Waals surface area contributed by atoms with E-state index in [0.717, 1.165) is 53.8 Å². The highest BCUT2D eigenvalue weighted by Gasteiger charge is 2.35. The van der Waals surface area contributed by atoms with E-state index in [1.54, 1.807) is 12.0 Å². The Bertz CT molecular complexity index is 1150. The number of urea groups is 1. The van der Waals surface area contributed by atoms with Gasteiger partial charge >= 0.3 is 6.03 Å². The lowest BCUT2D eigenvalue weighted by Crippen LogP contribution is -2.46. The third-order valence-electron chi connectivity index (χ3n) is 6.31. The topological polar surface area (TPSA) is 80.5 Å². The summed E-state index contributed by atoms with van der Waals surface area (Å²) in [5.41, 5.74) is 4.71. The second-order valence-corrected chi connectivity index (χ2v) is 8.49. The number of carbonyl (C=O) groups is 1. The van der Waals surface area contributed by atoms with Crippen molar-refractivity contribution < 1.29 is 14.1 Å². The molecule has 2 heterocycles. The molecule has 0 saturated carbocycles. The molecule has 0 spiro atoms. The molecule has 4 rings (SSSR count). The van der Waals surface area contributed by atoms with Crippen molar-refractivity contribution in [3.05, 3.63) is 71.2 Å². The van der Waals surface area contributed by atoms with Crippen LogP contribution in [0.25, 0.3) is 17.0 Å². The van der Waals surface area contributed by atoms with E-state index in [9.17, 15) is 4.79 Å². The van der Waals surface area contributed by atoms with Gasteiger partial charge in [0.1, 0.15) is 5.75 Å². The number of allylic oxidation sites excluding steroid dienone is 1. The lowest BCUT2D eigenvalue weighted by molar-refractivity contribution is 0.204. The van der Waals surface area contributed by atoms with Crippen LogP contribution in [0.15, 0.2) is 58.8 Å². The molecule has 1 aromatic heterocycles. The molecule has 2 amide bonds. The van der Waals surface area contributed by atoms with Crippen molar-refractivity contribution in [1.82, 2.24) is 20.4 Å². The summed E-state index contributed by atoms with van der Waals surface area (Å²) in [5, 5.41) is 7.41. The molecule has 0 fully saturated rings. The van der Waals surface area contributed by atoms with Crippen molar-refractivity contribution in [2.45, 2.75) is 52.5 Å². The van der Waals surface area contributed by atoms with E-state index in [4.69, 9.17) is 14.2 Å². The molecule has 2 aromatic carbocycles. The van der Waals surface area contributed by atoms with Gasteiger partial charge in [-0.15, -0.1) is 0 Å². The molecule has 1 aliphatic heterocycles. The molecule has 7 nitrogen and oxygen atoms in total. The fourth-order valence-corrected chi connectivity index (χ4v) is 4.23. The minimum absolute atomic E-state index is 0.118. The molecule has 1 N–H and O–H groups in total. The number of ether oxygens (including phenoxy) is 1. The molecular weight excluding hydrogens is 428 g/mol. The summed E-state index contributed by atoms with van der Waals surface area (Å²) in [7, 11) is 1.63. The number of aryl methyl sites for hydroxylation is 1. The van der Waals surface area contributed by atoms with Gasteiger partial charge in [0, 0.05) is 17.8 Å². The smallest absolute Gasteiger partial charge is 0.322 e. The number of methoxy groups -OCH3 is 1. The number of hydrogen-bond donors (Lipinski definition) is 1. The highest BCUT2D eigenvalue weighted by molar-refractivity contribution is 5.86. The van der Waals surface area contributed by atoms with Crippen LogP contribution in [0.4, 0.5) is 4.79 Å². The first kappa shape index (κ1) is 23.5. The Morgan fingerprint density at radius 3 is 2.44 bits per heavy atom. The number of carbonyl (C=O) groups excluding carboxylic acids is 1. The van der Waals surface area contributed by atoms with Crippen molar-refractivity contribution in [2.24, 2.45) is 0 Å². The normalized spacial score (nSPS) is 16.1. The van der Waals surface area contributed by atoms with E-state index in [1.807, 2.05) is 43.3 Å². The summed E-state index contributed by atoms with van der Waals surface area (Å²) in [5.74, 6) is 1.69. The van der Waals surface area contributed by atoms with Gasteiger partial charge in [-0.1, -0.05) is 68.2 Å². The fourth-order valence-electron chi connectivity index (χ4n) is 4.23. The minimum Gasteiger partial charge on any atom is -0.497 e. The Morgan fingerprint density at radius 1 is 1.06 bits per heavy atom. The lowest BCUT2D eigenvalue weighted by Gasteiger charge is -2.35. The highest BCUT2D eigenvalue weighted by atomic mass is 16.5. The first-order valence-electron chi connectivity index (χ1n) is 11.9. The Morgan fingerprint density at radius 2 is 1.79 bits per heavy atom. The van der Waals surface area contributed by atoms with Crippen LogP contribution in [0, 0.1) is 0 Å². The Labute approximate surface area is 200 Å². The third-order valence-corrected chi connectivity index (χ3v) is 6.31. The van der Waals surface area contributed by atoms with Gasteiger partial charge in [-0.3, -0.25) is 4.90 Å². The summed E-state index contributed by atoms with van der Waals surface area (Å²) < 4.78 is 11.1. The summed E-state index contributed by atoms with van der Waals surface area (Å²) in [6.07, 6.45) is 4.05. The quantitative estimate of drug-likeness (QED) is 0.396. The number of amides is 2. The van der Waals surface area contributed by atoms with E-state index in [0.29, 0.717) is 18.3 Å². The zero-order chi connectivity index (χ0) is 24.1. The van der Waals surface area contributed by atoms with Crippen molar-refractivity contribution in [1.29, 1.82) is 0 Å². The molecule has 1 unspecified atom stereocenters. The predicted octanol–water partition coefficient (Wildman–Crippen LogP) is 6.00. The molecule has 0 radical (unpaired) electrons. The zero-order valence-corrected chi connectivity index (χ0v) is 20.3. The number of nitrogens with one attached hydrogen (secondary N) is 1. The molecule has 1 aliphatic rings. The van der Waals surface area contributed by atoms with E-state index in [2.05, 4.69) is 36.5 Å². The standard InChI is InChI=1S/C27H32N4O3/c1-5-7-8-17-31-18(3)23(24(28-27(31)32)20-13-15-22(33-4)16-14-20)26-29-25(30-34-26)21-11-9-19(6-2)10-12-21/h9-16,24H,5-8,17H2,1-4H3,(H,28,32). The van der Waals surface area contributed by atoms with E-state index in [-0.39, 0.29) is 6.03 Å². The monoisotopic (exact) mass is 460 g/mol. The molecule has 7 heteroatoms. The molecule has 0 bridgehead atoms. The fraction of sp³-hybridized carbons (Fsp3) is 0.370. The number of aromatic nitrogens is 2. The highest BCUT2D eigenvalue weighted by Crippen LogP contribution is 2.38. The van der Waals surface area contributed by atoms with E-state index < -0.39 is 6.04 Å². The van der Waals surface area contributed by atoms with Gasteiger partial charge in [0.05, 0.1) is 18.7 Å². The molecule has 34 heavy (non-hydrogen) atoms. The average Bonchev–Trinajstić information content (AvgIpc) is 3.35. The largest absolute Gasteiger partial charge is 0.497 e. The third kappa shape index (κ3) is 4.83. The van der Waals surface area contributed by atoms with E-state index in [1.165, 1.54) is 5.56 Å². The Hall–Kier alpha value is -3.61. The first-order valence-corrected chi connectivity index (χ1v) is 11.9. The average molecular weight is 461 g/mol. The van der Waals surface area contributed by atoms with Crippen LogP contribution in [0.1, 0.15) is 63.1 Å². The molecule has 0 saturated heterocycles. The van der Waals surface area contributed by atoms with Gasteiger partial charge in [-0.25, -0.2) is 4.79 Å². The van der Waals surface area contributed by atoms with Crippen LogP contribution in [0.3, 0.4) is 0 Å². The molecular formula is C27H32N4O3. The minimum atomic E-state index is -0.406. The van der Waals surface area contributed by atoms with Crippen LogP contribution in [-0.4, -0.2) is 34.7 Å². The number of unbranched alkanes of at least 4 members (excludes halogenated alkanes) is 2. The van der Waals surface area contributed by atoms with Gasteiger partial charge in [0.15, 0.2) is 0 Å². The molecule has 1 atom stereocenters. The Balaban J connectivity index is 1.74. The molecule has 178 valence electrons. The summed E-state index contributed by atoms with van der Waals surface area (Å²) in [4.78, 5) is 19.6. The van der Waals surface area contributed by atoms with Gasteiger partial charge in [0.2, 0.25) is 5.82 Å². The van der Waals surface area contributed by atoms with Gasteiger partial charge in [-0.2, -0.15) is 4.98 Å². The van der Waals surface area contributed by atoms with Crippen LogP contribution >= 0.6 is 0 Å². The summed E-state index contributed by atoms with van der Waals surface area (Å²) >= 11 is 0. The number of nitrogens with zero attached hydrogens (tertiary/aromatic N) is 3. The second-order valence-electron chi connectivity index (χ2n) is 8.49. The molecule has 0 aliphatic carbocycles. The van der Waals surface area contributed by atoms with Crippen LogP contribution in [0.5, 0.6) is 5.75 Å².